The molecule has 2 nitrogen and oxygen atoms in total. The zero-order valence-corrected chi connectivity index (χ0v) is 9.71. The number of nitrogens with zero attached hydrogens (tertiary/aromatic N) is 1. The molecule has 0 fully saturated rings. The lowest BCUT2D eigenvalue weighted by molar-refractivity contribution is 0.169. The van der Waals surface area contributed by atoms with E-state index in [9.17, 15) is 5.11 Å². The van der Waals surface area contributed by atoms with Gasteiger partial charge in [-0.2, -0.15) is 0 Å². The molecule has 0 saturated heterocycles. The third-order valence-electron chi connectivity index (χ3n) is 1.86. The number of aliphatic hydroxyl groups is 1. The Morgan fingerprint density at radius 2 is 2.14 bits per heavy atom. The van der Waals surface area contributed by atoms with Crippen molar-refractivity contribution in [1.82, 2.24) is 4.98 Å². The average Bonchev–Trinajstić information content (AvgIpc) is 2.17. The highest BCUT2D eigenvalue weighted by Crippen LogP contribution is 2.23. The molecule has 0 aliphatic carbocycles. The summed E-state index contributed by atoms with van der Waals surface area (Å²) < 4.78 is 0. The molecule has 1 atom stereocenters. The quantitative estimate of drug-likeness (QED) is 0.777. The first-order valence-corrected chi connectivity index (χ1v) is 5.82. The Morgan fingerprint density at radius 1 is 1.43 bits per heavy atom. The lowest BCUT2D eigenvalue weighted by Gasteiger charge is -2.08. The molecule has 0 aliphatic rings. The van der Waals surface area contributed by atoms with Crippen LogP contribution in [0.1, 0.15) is 39.0 Å². The van der Waals surface area contributed by atoms with Crippen molar-refractivity contribution in [1.29, 1.82) is 0 Å². The maximum Gasteiger partial charge on any atom is 0.0957 e. The fourth-order valence-corrected chi connectivity index (χ4v) is 1.94. The lowest BCUT2D eigenvalue weighted by atomic mass is 10.2. The van der Waals surface area contributed by atoms with Crippen LogP contribution in [-0.4, -0.2) is 15.3 Å². The second kappa shape index (κ2) is 5.37. The third kappa shape index (κ3) is 3.31. The molecule has 0 aliphatic heterocycles. The molecule has 0 amide bonds. The maximum absolute atomic E-state index is 9.53. The van der Waals surface area contributed by atoms with Crippen molar-refractivity contribution in [3.63, 3.8) is 0 Å². The zero-order chi connectivity index (χ0) is 10.6. The summed E-state index contributed by atoms with van der Waals surface area (Å²) in [5.41, 5.74) is 0.764. The van der Waals surface area contributed by atoms with Crippen LogP contribution in [-0.2, 0) is 0 Å². The predicted molar refractivity (Wildman–Crippen MR) is 60.5 cm³/mol. The highest BCUT2D eigenvalue weighted by atomic mass is 32.2. The van der Waals surface area contributed by atoms with Gasteiger partial charge in [0.05, 0.1) is 11.8 Å². The second-order valence-electron chi connectivity index (χ2n) is 3.51. The highest BCUT2D eigenvalue weighted by molar-refractivity contribution is 7.99. The Labute approximate surface area is 89.8 Å². The van der Waals surface area contributed by atoms with Crippen LogP contribution in [0.5, 0.6) is 0 Å². The van der Waals surface area contributed by atoms with Gasteiger partial charge in [0.2, 0.25) is 0 Å². The summed E-state index contributed by atoms with van der Waals surface area (Å²) >= 11 is 1.78. The molecule has 0 aromatic carbocycles. The lowest BCUT2D eigenvalue weighted by Crippen LogP contribution is -1.98. The Balaban J connectivity index is 2.68. The summed E-state index contributed by atoms with van der Waals surface area (Å²) in [7, 11) is 0. The first-order chi connectivity index (χ1) is 6.63. The van der Waals surface area contributed by atoms with Gasteiger partial charge >= 0.3 is 0 Å². The number of thioether (sulfide) groups is 1. The van der Waals surface area contributed by atoms with Gasteiger partial charge < -0.3 is 5.11 Å². The molecule has 1 aromatic heterocycles. The Hall–Kier alpha value is -0.540. The van der Waals surface area contributed by atoms with Crippen LogP contribution in [0, 0.1) is 0 Å². The number of pyridine rings is 1. The summed E-state index contributed by atoms with van der Waals surface area (Å²) in [6.07, 6.45) is 2.12. The number of aromatic nitrogens is 1. The van der Waals surface area contributed by atoms with Gasteiger partial charge in [-0.25, -0.2) is 0 Å². The smallest absolute Gasteiger partial charge is 0.0957 e. The summed E-state index contributed by atoms with van der Waals surface area (Å²) in [5, 5.41) is 10.1. The molecule has 0 spiro atoms. The summed E-state index contributed by atoms with van der Waals surface area (Å²) in [6.45, 7) is 6.25. The molecule has 1 N–H and O–H groups in total. The largest absolute Gasteiger partial charge is 0.387 e. The van der Waals surface area contributed by atoms with Gasteiger partial charge in [0, 0.05) is 16.3 Å². The molecular formula is C11H17NOS. The first-order valence-electron chi connectivity index (χ1n) is 4.94. The molecule has 1 unspecified atom stereocenters. The topological polar surface area (TPSA) is 33.1 Å². The molecule has 1 rings (SSSR count). The van der Waals surface area contributed by atoms with Crippen molar-refractivity contribution in [3.8, 4) is 0 Å². The first kappa shape index (κ1) is 11.5. The Morgan fingerprint density at radius 3 is 2.57 bits per heavy atom. The summed E-state index contributed by atoms with van der Waals surface area (Å²) in [5.74, 6) is 0. The monoisotopic (exact) mass is 211 g/mol. The number of hydrogen-bond donors (Lipinski definition) is 1. The van der Waals surface area contributed by atoms with Crippen LogP contribution >= 0.6 is 11.8 Å². The second-order valence-corrected chi connectivity index (χ2v) is 5.16. The van der Waals surface area contributed by atoms with Crippen molar-refractivity contribution < 1.29 is 5.11 Å². The van der Waals surface area contributed by atoms with E-state index in [0.29, 0.717) is 11.7 Å². The third-order valence-corrected chi connectivity index (χ3v) is 2.84. The zero-order valence-electron chi connectivity index (χ0n) is 8.90. The van der Waals surface area contributed by atoms with Gasteiger partial charge in [-0.05, 0) is 18.6 Å². The molecule has 3 heteroatoms. The minimum Gasteiger partial charge on any atom is -0.387 e. The fraction of sp³-hybridized carbons (Fsp3) is 0.545. The van der Waals surface area contributed by atoms with E-state index in [-0.39, 0.29) is 0 Å². The van der Waals surface area contributed by atoms with E-state index < -0.39 is 6.10 Å². The van der Waals surface area contributed by atoms with E-state index in [1.54, 1.807) is 11.8 Å². The van der Waals surface area contributed by atoms with Crippen molar-refractivity contribution >= 4 is 11.8 Å². The van der Waals surface area contributed by atoms with E-state index in [0.717, 1.165) is 10.6 Å². The molecule has 14 heavy (non-hydrogen) atoms. The predicted octanol–water partition coefficient (Wildman–Crippen LogP) is 3.03. The molecular weight excluding hydrogens is 194 g/mol. The molecule has 78 valence electrons. The van der Waals surface area contributed by atoms with E-state index in [2.05, 4.69) is 18.8 Å². The maximum atomic E-state index is 9.53. The van der Waals surface area contributed by atoms with Crippen molar-refractivity contribution in [2.45, 2.75) is 43.4 Å². The minimum absolute atomic E-state index is 0.423. The number of hydrogen-bond acceptors (Lipinski definition) is 3. The Kier molecular flexibility index (Phi) is 4.42. The van der Waals surface area contributed by atoms with E-state index in [1.807, 2.05) is 25.3 Å². The summed E-state index contributed by atoms with van der Waals surface area (Å²) in [6, 6.07) is 3.92. The Bertz CT molecular complexity index is 271. The standard InChI is InChI=1S/C11H17NOS/c1-4-11(13)10-6-5-9(7-12-10)14-8(2)3/h5-8,11,13H,4H2,1-3H3. The summed E-state index contributed by atoms with van der Waals surface area (Å²) in [4.78, 5) is 5.39. The van der Waals surface area contributed by atoms with Crippen LogP contribution in [0.15, 0.2) is 23.2 Å². The van der Waals surface area contributed by atoms with E-state index in [4.69, 9.17) is 0 Å². The average molecular weight is 211 g/mol. The molecule has 0 bridgehead atoms. The normalized spacial score (nSPS) is 13.2. The molecule has 0 radical (unpaired) electrons. The van der Waals surface area contributed by atoms with Crippen LogP contribution in [0.4, 0.5) is 0 Å². The molecule has 1 aromatic rings. The van der Waals surface area contributed by atoms with Crippen molar-refractivity contribution in [3.05, 3.63) is 24.0 Å². The number of aliphatic hydroxyl groups excluding tert-OH is 1. The van der Waals surface area contributed by atoms with Crippen LogP contribution in [0.3, 0.4) is 0 Å². The highest BCUT2D eigenvalue weighted by Gasteiger charge is 2.06. The van der Waals surface area contributed by atoms with Crippen LogP contribution in [0.2, 0.25) is 0 Å². The van der Waals surface area contributed by atoms with Gasteiger partial charge in [0.15, 0.2) is 0 Å². The SMILES string of the molecule is CCC(O)c1ccc(SC(C)C)cn1. The molecule has 0 saturated carbocycles. The van der Waals surface area contributed by atoms with Crippen LogP contribution < -0.4 is 0 Å². The van der Waals surface area contributed by atoms with E-state index in [1.165, 1.54) is 0 Å². The van der Waals surface area contributed by atoms with Gasteiger partial charge in [-0.1, -0.05) is 20.8 Å². The minimum atomic E-state index is -0.423. The van der Waals surface area contributed by atoms with Gasteiger partial charge in [0.25, 0.3) is 0 Å². The van der Waals surface area contributed by atoms with Crippen molar-refractivity contribution in [2.75, 3.05) is 0 Å². The van der Waals surface area contributed by atoms with E-state index >= 15 is 0 Å². The number of rotatable bonds is 4. The van der Waals surface area contributed by atoms with Crippen LogP contribution in [0.25, 0.3) is 0 Å². The molecule has 1 heterocycles. The van der Waals surface area contributed by atoms with Gasteiger partial charge in [0.1, 0.15) is 0 Å². The van der Waals surface area contributed by atoms with Crippen molar-refractivity contribution in [2.24, 2.45) is 0 Å². The van der Waals surface area contributed by atoms with Gasteiger partial charge in [-0.3, -0.25) is 4.98 Å². The van der Waals surface area contributed by atoms with Gasteiger partial charge in [-0.15, -0.1) is 11.8 Å². The fourth-order valence-electron chi connectivity index (χ4n) is 1.14.